The Morgan fingerprint density at radius 3 is 2.67 bits per heavy atom. The van der Waals surface area contributed by atoms with E-state index in [4.69, 9.17) is 27.0 Å². The first kappa shape index (κ1) is 19.7. The molecular weight excluding hydrogens is 330 g/mol. The Kier molecular flexibility index (Phi) is 8.56. The average molecular weight is 352 g/mol. The van der Waals surface area contributed by atoms with Gasteiger partial charge in [-0.15, -0.1) is 0 Å². The van der Waals surface area contributed by atoms with E-state index < -0.39 is 0 Å². The van der Waals surface area contributed by atoms with Gasteiger partial charge in [0.1, 0.15) is 6.61 Å². The van der Waals surface area contributed by atoms with Crippen molar-refractivity contribution in [2.45, 2.75) is 20.0 Å². The molecule has 0 bridgehead atoms. The predicted molar refractivity (Wildman–Crippen MR) is 95.4 cm³/mol. The number of hydrogen-bond acceptors (Lipinski definition) is 6. The molecule has 1 amide bonds. The first-order valence-corrected chi connectivity index (χ1v) is 7.64. The standard InChI is InChI=1S/C15H18ClN3O.CH4N2O/c1-3-11-5-4-6-14(19(2)17)12(11)10-20-15-9-18-8-7-13(15)16;2-3-1-4/h4-9H,3,10,17H2,1-2H3;1H,2H2,(H,3,4). The highest BCUT2D eigenvalue weighted by molar-refractivity contribution is 6.31. The number of pyridine rings is 1. The number of amides is 1. The minimum absolute atomic E-state index is 0.403. The molecule has 0 saturated carbocycles. The molecule has 1 aromatic carbocycles. The molecule has 8 heteroatoms. The van der Waals surface area contributed by atoms with Crippen molar-refractivity contribution in [1.82, 2.24) is 10.4 Å². The molecule has 0 aliphatic rings. The highest BCUT2D eigenvalue weighted by Crippen LogP contribution is 2.27. The second-order valence-electron chi connectivity index (χ2n) is 4.76. The summed E-state index contributed by atoms with van der Waals surface area (Å²) in [7, 11) is 1.81. The Balaban J connectivity index is 0.000000648. The van der Waals surface area contributed by atoms with Crippen LogP contribution >= 0.6 is 11.6 Å². The van der Waals surface area contributed by atoms with Gasteiger partial charge >= 0.3 is 0 Å². The third-order valence-electron chi connectivity index (χ3n) is 3.18. The van der Waals surface area contributed by atoms with Crippen LogP contribution in [0.25, 0.3) is 0 Å². The van der Waals surface area contributed by atoms with E-state index in [1.165, 1.54) is 5.56 Å². The lowest BCUT2D eigenvalue weighted by molar-refractivity contribution is -0.109. The number of hydrazine groups is 2. The van der Waals surface area contributed by atoms with Crippen molar-refractivity contribution in [2.75, 3.05) is 12.1 Å². The smallest absolute Gasteiger partial charge is 0.221 e. The molecular formula is C16H22ClN5O2. The number of benzene rings is 1. The third kappa shape index (κ3) is 5.69. The van der Waals surface area contributed by atoms with Crippen LogP contribution in [-0.2, 0) is 17.8 Å². The lowest BCUT2D eigenvalue weighted by Crippen LogP contribution is -2.27. The van der Waals surface area contributed by atoms with Crippen molar-refractivity contribution in [3.05, 3.63) is 52.8 Å². The number of halogens is 1. The van der Waals surface area contributed by atoms with Crippen LogP contribution < -0.4 is 26.9 Å². The summed E-state index contributed by atoms with van der Waals surface area (Å²) < 4.78 is 5.78. The molecule has 0 aliphatic heterocycles. The summed E-state index contributed by atoms with van der Waals surface area (Å²) in [6.45, 7) is 2.52. The Morgan fingerprint density at radius 2 is 2.12 bits per heavy atom. The lowest BCUT2D eigenvalue weighted by atomic mass is 10.0. The van der Waals surface area contributed by atoms with Gasteiger partial charge in [0.25, 0.3) is 0 Å². The fourth-order valence-corrected chi connectivity index (χ4v) is 2.23. The largest absolute Gasteiger partial charge is 0.486 e. The second-order valence-corrected chi connectivity index (χ2v) is 5.17. The maximum Gasteiger partial charge on any atom is 0.221 e. The molecule has 7 nitrogen and oxygen atoms in total. The summed E-state index contributed by atoms with van der Waals surface area (Å²) in [5, 5.41) is 2.15. The number of aromatic nitrogens is 1. The quantitative estimate of drug-likeness (QED) is 0.317. The number of ether oxygens (including phenoxy) is 1. The van der Waals surface area contributed by atoms with E-state index in [-0.39, 0.29) is 0 Å². The van der Waals surface area contributed by atoms with E-state index in [1.54, 1.807) is 28.9 Å². The molecule has 1 aromatic heterocycles. The maximum absolute atomic E-state index is 8.94. The first-order chi connectivity index (χ1) is 11.5. The van der Waals surface area contributed by atoms with Crippen LogP contribution in [0.3, 0.4) is 0 Å². The van der Waals surface area contributed by atoms with Gasteiger partial charge in [-0.2, -0.15) is 0 Å². The summed E-state index contributed by atoms with van der Waals surface area (Å²) in [6, 6.07) is 7.76. The van der Waals surface area contributed by atoms with Crippen LogP contribution in [0.2, 0.25) is 5.02 Å². The molecule has 0 radical (unpaired) electrons. The van der Waals surface area contributed by atoms with Gasteiger partial charge in [-0.3, -0.25) is 15.2 Å². The van der Waals surface area contributed by atoms with E-state index >= 15 is 0 Å². The van der Waals surface area contributed by atoms with Crippen LogP contribution in [0.1, 0.15) is 18.1 Å². The fraction of sp³-hybridized carbons (Fsp3) is 0.250. The fourth-order valence-electron chi connectivity index (χ4n) is 2.07. The minimum atomic E-state index is 0.403. The van der Waals surface area contributed by atoms with Crippen molar-refractivity contribution >= 4 is 23.7 Å². The summed E-state index contributed by atoms with van der Waals surface area (Å²) in [5.74, 6) is 10.9. The van der Waals surface area contributed by atoms with Crippen molar-refractivity contribution in [3.63, 3.8) is 0 Å². The first-order valence-electron chi connectivity index (χ1n) is 7.26. The zero-order chi connectivity index (χ0) is 17.9. The molecule has 2 aromatic rings. The van der Waals surface area contributed by atoms with Gasteiger partial charge in [-0.05, 0) is 24.1 Å². The third-order valence-corrected chi connectivity index (χ3v) is 3.50. The Morgan fingerprint density at radius 1 is 1.42 bits per heavy atom. The SMILES string of the molecule is CCc1cccc(N(C)N)c1COc1cnccc1Cl.NNC=O. The van der Waals surface area contributed by atoms with Crippen molar-refractivity contribution in [2.24, 2.45) is 11.7 Å². The summed E-state index contributed by atoms with van der Waals surface area (Å²) in [6.07, 6.45) is 4.57. The van der Waals surface area contributed by atoms with E-state index in [0.717, 1.165) is 17.7 Å². The van der Waals surface area contributed by atoms with Gasteiger partial charge in [-0.25, -0.2) is 11.7 Å². The monoisotopic (exact) mass is 351 g/mol. The number of rotatable bonds is 6. The van der Waals surface area contributed by atoms with Crippen LogP contribution in [0.15, 0.2) is 36.7 Å². The van der Waals surface area contributed by atoms with Gasteiger partial charge in [-0.1, -0.05) is 30.7 Å². The van der Waals surface area contributed by atoms with Gasteiger partial charge in [0, 0.05) is 18.8 Å². The zero-order valence-electron chi connectivity index (χ0n) is 13.7. The van der Waals surface area contributed by atoms with E-state index in [9.17, 15) is 0 Å². The molecule has 0 atom stereocenters. The average Bonchev–Trinajstić information content (AvgIpc) is 2.60. The van der Waals surface area contributed by atoms with Crippen molar-refractivity contribution in [1.29, 1.82) is 0 Å². The predicted octanol–water partition coefficient (Wildman–Crippen LogP) is 1.79. The van der Waals surface area contributed by atoms with Crippen LogP contribution in [0.4, 0.5) is 5.69 Å². The molecule has 2 rings (SSSR count). The molecule has 0 saturated heterocycles. The summed E-state index contributed by atoms with van der Waals surface area (Å²) in [4.78, 5) is 13.0. The topological polar surface area (TPSA) is 106 Å². The normalized spacial score (nSPS) is 9.54. The number of nitrogens with zero attached hydrogens (tertiary/aromatic N) is 2. The Bertz CT molecular complexity index is 652. The number of hydrogen-bond donors (Lipinski definition) is 3. The van der Waals surface area contributed by atoms with Crippen LogP contribution in [0.5, 0.6) is 5.75 Å². The van der Waals surface area contributed by atoms with Gasteiger partial charge in [0.2, 0.25) is 6.41 Å². The Labute approximate surface area is 146 Å². The number of nitrogens with two attached hydrogens (primary N) is 2. The molecule has 24 heavy (non-hydrogen) atoms. The van der Waals surface area contributed by atoms with E-state index in [2.05, 4.69) is 23.8 Å². The zero-order valence-corrected chi connectivity index (χ0v) is 14.5. The molecule has 0 spiro atoms. The maximum atomic E-state index is 8.94. The van der Waals surface area contributed by atoms with E-state index in [1.807, 2.05) is 19.2 Å². The molecule has 0 aliphatic carbocycles. The van der Waals surface area contributed by atoms with Gasteiger partial charge < -0.3 is 9.75 Å². The van der Waals surface area contributed by atoms with Gasteiger partial charge in [0.05, 0.1) is 16.9 Å². The minimum Gasteiger partial charge on any atom is -0.486 e. The molecule has 5 N–H and O–H groups in total. The van der Waals surface area contributed by atoms with E-state index in [0.29, 0.717) is 23.8 Å². The van der Waals surface area contributed by atoms with Crippen molar-refractivity contribution < 1.29 is 9.53 Å². The summed E-state index contributed by atoms with van der Waals surface area (Å²) in [5.41, 5.74) is 4.98. The lowest BCUT2D eigenvalue weighted by Gasteiger charge is -2.20. The van der Waals surface area contributed by atoms with Crippen molar-refractivity contribution in [3.8, 4) is 5.75 Å². The van der Waals surface area contributed by atoms with Gasteiger partial charge in [0.15, 0.2) is 5.75 Å². The molecule has 130 valence electrons. The summed E-state index contributed by atoms with van der Waals surface area (Å²) >= 11 is 6.07. The number of carbonyl (C=O) groups is 1. The highest BCUT2D eigenvalue weighted by Gasteiger charge is 2.11. The van der Waals surface area contributed by atoms with Crippen LogP contribution in [0, 0.1) is 0 Å². The molecule has 0 unspecified atom stereocenters. The molecule has 0 fully saturated rings. The number of nitrogens with one attached hydrogen (secondary N) is 1. The van der Waals surface area contributed by atoms with Crippen LogP contribution in [-0.4, -0.2) is 18.4 Å². The highest BCUT2D eigenvalue weighted by atomic mass is 35.5. The number of anilines is 1. The number of carbonyl (C=O) groups excluding carboxylic acids is 1. The Hall–Kier alpha value is -2.35. The second kappa shape index (κ2) is 10.4. The number of aryl methyl sites for hydroxylation is 1. The molecule has 1 heterocycles.